The van der Waals surface area contributed by atoms with Gasteiger partial charge < -0.3 is 10.0 Å². The van der Waals surface area contributed by atoms with Crippen LogP contribution in [0.1, 0.15) is 59.4 Å². The van der Waals surface area contributed by atoms with Crippen LogP contribution in [0.4, 0.5) is 13.2 Å². The average Bonchev–Trinajstić information content (AvgIpc) is 3.07. The molecule has 1 aliphatic carbocycles. The lowest BCUT2D eigenvalue weighted by molar-refractivity contribution is -0.145. The van der Waals surface area contributed by atoms with Crippen molar-refractivity contribution in [3.8, 4) is 0 Å². The number of aliphatic carboxylic acids is 1. The van der Waals surface area contributed by atoms with Gasteiger partial charge in [-0.05, 0) is 37.6 Å². The first-order valence-electron chi connectivity index (χ1n) is 12.6. The average molecular weight is 366 g/mol. The third kappa shape index (κ3) is 3.25. The Labute approximate surface area is 159 Å². The summed E-state index contributed by atoms with van der Waals surface area (Å²) >= 11 is 0. The van der Waals surface area contributed by atoms with Crippen molar-refractivity contribution < 1.29 is 44.3 Å². The molecule has 0 aromatic heterocycles. The third-order valence-corrected chi connectivity index (χ3v) is 3.29. The van der Waals surface area contributed by atoms with E-state index < -0.39 is 83.8 Å². The highest BCUT2D eigenvalue weighted by atomic mass is 19.4. The highest BCUT2D eigenvalue weighted by Crippen LogP contribution is 2.39. The van der Waals surface area contributed by atoms with E-state index in [1.807, 2.05) is 0 Å². The molecule has 0 radical (unpaired) electrons. The van der Waals surface area contributed by atoms with E-state index in [1.54, 1.807) is 0 Å². The van der Waals surface area contributed by atoms with Gasteiger partial charge in [-0.2, -0.15) is 13.2 Å². The Morgan fingerprint density at radius 1 is 1.28 bits per heavy atom. The number of alkyl halides is 3. The molecule has 0 atom stereocenters. The van der Waals surface area contributed by atoms with Crippen molar-refractivity contribution in [3.05, 3.63) is 35.4 Å². The van der Waals surface area contributed by atoms with Crippen LogP contribution in [0, 0.1) is 0 Å². The molecule has 1 aliphatic heterocycles. The van der Waals surface area contributed by atoms with Gasteiger partial charge >= 0.3 is 12.1 Å². The van der Waals surface area contributed by atoms with Crippen LogP contribution in [0.3, 0.4) is 0 Å². The number of amides is 1. The largest absolute Gasteiger partial charge is 0.480 e. The maximum atomic E-state index is 13.4. The van der Waals surface area contributed by atoms with Crippen LogP contribution in [0.5, 0.6) is 0 Å². The molecular formula is C17H17F3N2O3. The number of hydrogen-bond donors (Lipinski definition) is 1. The van der Waals surface area contributed by atoms with Crippen molar-refractivity contribution in [3.63, 3.8) is 0 Å². The van der Waals surface area contributed by atoms with Gasteiger partial charge in [0.05, 0.1) is 8.30 Å². The molecule has 1 aromatic carbocycles. The first-order chi connectivity index (χ1) is 16.3. The molecule has 2 aliphatic rings. The highest BCUT2D eigenvalue weighted by molar-refractivity contribution is 6.47. The second-order valence-electron chi connectivity index (χ2n) is 4.89. The summed E-state index contributed by atoms with van der Waals surface area (Å²) in [6.45, 7) is -4.09. The van der Waals surface area contributed by atoms with Crippen LogP contribution in [0.15, 0.2) is 29.3 Å². The minimum absolute atomic E-state index is 0.438. The third-order valence-electron chi connectivity index (χ3n) is 3.29. The second kappa shape index (κ2) is 6.16. The van der Waals surface area contributed by atoms with Gasteiger partial charge in [-0.15, -0.1) is 0 Å². The zero-order valence-electron chi connectivity index (χ0n) is 24.1. The van der Waals surface area contributed by atoms with Crippen molar-refractivity contribution in [2.24, 2.45) is 4.99 Å². The van der Waals surface area contributed by atoms with Crippen LogP contribution in [0.2, 0.25) is 0 Å². The van der Waals surface area contributed by atoms with E-state index in [2.05, 4.69) is 4.99 Å². The van der Waals surface area contributed by atoms with Crippen molar-refractivity contribution in [1.82, 2.24) is 4.90 Å². The van der Waals surface area contributed by atoms with E-state index in [4.69, 9.17) is 16.4 Å². The molecule has 5 nitrogen and oxygen atoms in total. The number of carbonyl (C=O) groups is 2. The maximum absolute atomic E-state index is 13.4. The molecule has 1 N–H and O–H groups in total. The predicted molar refractivity (Wildman–Crippen MR) is 83.1 cm³/mol. The predicted octanol–water partition coefficient (Wildman–Crippen LogP) is 3.08. The molecule has 25 heavy (non-hydrogen) atoms. The lowest BCUT2D eigenvalue weighted by Crippen LogP contribution is -2.50. The van der Waals surface area contributed by atoms with Crippen molar-refractivity contribution in [2.75, 3.05) is 6.50 Å². The monoisotopic (exact) mass is 366 g/mol. The molecule has 0 unspecified atom stereocenters. The van der Waals surface area contributed by atoms with Crippen LogP contribution in [0.25, 0.3) is 0 Å². The van der Waals surface area contributed by atoms with Crippen molar-refractivity contribution >= 4 is 17.6 Å². The van der Waals surface area contributed by atoms with Crippen LogP contribution >= 0.6 is 0 Å². The van der Waals surface area contributed by atoms with Crippen molar-refractivity contribution in [1.29, 1.82) is 0 Å². The van der Waals surface area contributed by atoms with E-state index in [9.17, 15) is 27.9 Å². The summed E-state index contributed by atoms with van der Waals surface area (Å²) in [6.07, 6.45) is -25.3. The Bertz CT molecular complexity index is 1170. The zero-order valence-corrected chi connectivity index (χ0v) is 12.1. The number of nitrogens with zero attached hydrogens (tertiary/aromatic N) is 2. The highest BCUT2D eigenvalue weighted by Gasteiger charge is 2.48. The smallest absolute Gasteiger partial charge is 0.416 e. The summed E-state index contributed by atoms with van der Waals surface area (Å²) < 4.78 is 137. The van der Waals surface area contributed by atoms with Gasteiger partial charge in [0, 0.05) is 19.3 Å². The number of benzene rings is 1. The SMILES string of the molecule is [2H]C([2H])(C(=O)O)N1C(=O)C(c2ccc(C(F)(F)F)cc2)=NC12C([2H])([2H])C([2H])([2H])C([2H])([2H])C([2H])([2H])C2([2H])[2H]. The number of carboxylic acids is 1. The van der Waals surface area contributed by atoms with Gasteiger partial charge in [0.15, 0.2) is 0 Å². The fourth-order valence-corrected chi connectivity index (χ4v) is 2.21. The number of halogens is 3. The molecule has 8 heteroatoms. The standard InChI is InChI=1S/C17H17F3N2O3/c18-17(19,20)12-6-4-11(5-7-12)14-15(25)22(10-13(23)24)16(21-14)8-2-1-3-9-16/h4-7H,1-3,8-10H2,(H,23,24)/i1D2,2D2,3D2,8D2,9D2,10D2. The molecule has 1 heterocycles. The van der Waals surface area contributed by atoms with E-state index in [-0.39, 0.29) is 0 Å². The molecule has 1 saturated carbocycles. The normalized spacial score (nSPS) is 37.8. The molecule has 1 aromatic rings. The Hall–Kier alpha value is -2.38. The number of carbonyl (C=O) groups excluding carboxylic acids is 1. The Balaban J connectivity index is 2.48. The first-order valence-corrected chi connectivity index (χ1v) is 6.64. The lowest BCUT2D eigenvalue weighted by Gasteiger charge is -2.38. The number of aliphatic imine (C=N–C) groups is 1. The van der Waals surface area contributed by atoms with Gasteiger partial charge in [-0.3, -0.25) is 14.6 Å². The van der Waals surface area contributed by atoms with Crippen LogP contribution < -0.4 is 0 Å². The first kappa shape index (κ1) is 7.88. The molecule has 3 rings (SSSR count). The number of hydrogen-bond acceptors (Lipinski definition) is 3. The minimum atomic E-state index is -4.84. The van der Waals surface area contributed by atoms with E-state index in [0.717, 1.165) is 0 Å². The van der Waals surface area contributed by atoms with Gasteiger partial charge in [0.2, 0.25) is 0 Å². The molecule has 1 amide bonds. The van der Waals surface area contributed by atoms with Crippen LogP contribution in [-0.2, 0) is 15.8 Å². The Kier molecular flexibility index (Phi) is 1.94. The molecular weight excluding hydrogens is 337 g/mol. The summed E-state index contributed by atoms with van der Waals surface area (Å²) in [4.78, 5) is 28.0. The summed E-state index contributed by atoms with van der Waals surface area (Å²) in [5.74, 6) is -4.43. The van der Waals surface area contributed by atoms with Crippen LogP contribution in [-0.4, -0.2) is 39.8 Å². The Morgan fingerprint density at radius 2 is 1.88 bits per heavy atom. The fourth-order valence-electron chi connectivity index (χ4n) is 2.21. The van der Waals surface area contributed by atoms with E-state index in [0.29, 0.717) is 24.3 Å². The fraction of sp³-hybridized carbons (Fsp3) is 0.471. The maximum Gasteiger partial charge on any atom is 0.416 e. The number of carboxylic acid groups (broad SMARTS) is 1. The number of rotatable bonds is 3. The quantitative estimate of drug-likeness (QED) is 0.894. The molecule has 1 spiro atoms. The van der Waals surface area contributed by atoms with Gasteiger partial charge in [-0.1, -0.05) is 18.5 Å². The van der Waals surface area contributed by atoms with E-state index in [1.165, 1.54) is 0 Å². The topological polar surface area (TPSA) is 70.0 Å². The van der Waals surface area contributed by atoms with Gasteiger partial charge in [0.1, 0.15) is 17.9 Å². The van der Waals surface area contributed by atoms with E-state index >= 15 is 0 Å². The summed E-state index contributed by atoms with van der Waals surface area (Å²) in [5, 5.41) is 9.47. The van der Waals surface area contributed by atoms with Gasteiger partial charge in [0.25, 0.3) is 5.91 Å². The van der Waals surface area contributed by atoms with Gasteiger partial charge in [-0.25, -0.2) is 0 Å². The second-order valence-corrected chi connectivity index (χ2v) is 4.89. The summed E-state index contributed by atoms with van der Waals surface area (Å²) in [5.41, 5.74) is -7.06. The zero-order chi connectivity index (χ0) is 29.0. The summed E-state index contributed by atoms with van der Waals surface area (Å²) in [6, 6.07) is 2.11. The Morgan fingerprint density at radius 3 is 2.40 bits per heavy atom. The molecule has 134 valence electrons. The molecule has 0 bridgehead atoms. The van der Waals surface area contributed by atoms with Crippen molar-refractivity contribution in [2.45, 2.75) is 43.7 Å². The molecule has 0 saturated heterocycles. The molecule has 1 fully saturated rings. The lowest BCUT2D eigenvalue weighted by atomic mass is 9.88. The summed E-state index contributed by atoms with van der Waals surface area (Å²) in [7, 11) is 0. The minimum Gasteiger partial charge on any atom is -0.480 e.